The van der Waals surface area contributed by atoms with Crippen LogP contribution >= 0.6 is 0 Å². The Morgan fingerprint density at radius 2 is 2.33 bits per heavy atom. The van der Waals surface area contributed by atoms with Crippen LogP contribution in [0.4, 0.5) is 4.39 Å². The van der Waals surface area contributed by atoms with Crippen LogP contribution in [-0.2, 0) is 0 Å². The van der Waals surface area contributed by atoms with Gasteiger partial charge in [0.15, 0.2) is 5.58 Å². The summed E-state index contributed by atoms with van der Waals surface area (Å²) >= 11 is 0. The maximum absolute atomic E-state index is 13.1. The van der Waals surface area contributed by atoms with Gasteiger partial charge in [-0.3, -0.25) is 0 Å². The molecule has 1 atom stereocenters. The molecule has 0 aliphatic rings. The fraction of sp³-hybridized carbons (Fsp3) is 0.200. The number of alkyl halides is 1. The van der Waals surface area contributed by atoms with Crippen molar-refractivity contribution in [1.29, 1.82) is 0 Å². The molecule has 0 radical (unpaired) electrons. The lowest BCUT2D eigenvalue weighted by Gasteiger charge is -1.96. The number of carboxylic acids is 1. The Labute approximate surface area is 84.3 Å². The van der Waals surface area contributed by atoms with Crippen molar-refractivity contribution in [2.24, 2.45) is 0 Å². The SMILES string of the molecule is CC(F)c1noc2c(C(=O)O)cccc12. The highest BCUT2D eigenvalue weighted by Crippen LogP contribution is 2.27. The van der Waals surface area contributed by atoms with Crippen LogP contribution in [0.25, 0.3) is 11.0 Å². The number of para-hydroxylation sites is 1. The van der Waals surface area contributed by atoms with Crippen LogP contribution in [0, 0.1) is 0 Å². The summed E-state index contributed by atoms with van der Waals surface area (Å²) in [5.41, 5.74) is 0.240. The Morgan fingerprint density at radius 1 is 1.60 bits per heavy atom. The first-order valence-corrected chi connectivity index (χ1v) is 4.37. The number of halogens is 1. The van der Waals surface area contributed by atoms with E-state index in [2.05, 4.69) is 5.16 Å². The molecule has 0 aliphatic heterocycles. The van der Waals surface area contributed by atoms with Crippen molar-refractivity contribution >= 4 is 16.9 Å². The summed E-state index contributed by atoms with van der Waals surface area (Å²) in [5, 5.41) is 12.8. The van der Waals surface area contributed by atoms with Crippen LogP contribution in [-0.4, -0.2) is 16.2 Å². The minimum absolute atomic E-state index is 0.00750. The third-order valence-electron chi connectivity index (χ3n) is 2.13. The molecule has 1 aromatic heterocycles. The summed E-state index contributed by atoms with van der Waals surface area (Å²) in [6.45, 7) is 1.32. The van der Waals surface area contributed by atoms with Gasteiger partial charge in [0.05, 0.1) is 0 Å². The molecular formula is C10H8FNO3. The quantitative estimate of drug-likeness (QED) is 0.825. The molecule has 0 amide bonds. The first-order valence-electron chi connectivity index (χ1n) is 4.37. The molecular weight excluding hydrogens is 201 g/mol. The molecule has 4 nitrogen and oxygen atoms in total. The van der Waals surface area contributed by atoms with Crippen molar-refractivity contribution in [3.63, 3.8) is 0 Å². The van der Waals surface area contributed by atoms with Gasteiger partial charge in [0, 0.05) is 5.39 Å². The maximum Gasteiger partial charge on any atom is 0.339 e. The van der Waals surface area contributed by atoms with Gasteiger partial charge in [-0.15, -0.1) is 0 Å². The second-order valence-electron chi connectivity index (χ2n) is 3.17. The van der Waals surface area contributed by atoms with E-state index in [1.54, 1.807) is 6.07 Å². The number of nitrogens with zero attached hydrogens (tertiary/aromatic N) is 1. The monoisotopic (exact) mass is 209 g/mol. The van der Waals surface area contributed by atoms with E-state index in [0.717, 1.165) is 0 Å². The van der Waals surface area contributed by atoms with Crippen molar-refractivity contribution in [2.45, 2.75) is 13.1 Å². The molecule has 1 heterocycles. The Morgan fingerprint density at radius 3 is 2.93 bits per heavy atom. The largest absolute Gasteiger partial charge is 0.478 e. The Kier molecular flexibility index (Phi) is 2.15. The van der Waals surface area contributed by atoms with Gasteiger partial charge in [-0.2, -0.15) is 0 Å². The fourth-order valence-corrected chi connectivity index (χ4v) is 1.44. The highest BCUT2D eigenvalue weighted by atomic mass is 19.1. The van der Waals surface area contributed by atoms with E-state index in [1.165, 1.54) is 19.1 Å². The average molecular weight is 209 g/mol. The first kappa shape index (κ1) is 9.64. The van der Waals surface area contributed by atoms with Crippen LogP contribution in [0.5, 0.6) is 0 Å². The van der Waals surface area contributed by atoms with Gasteiger partial charge in [-0.1, -0.05) is 11.2 Å². The van der Waals surface area contributed by atoms with E-state index in [4.69, 9.17) is 9.63 Å². The van der Waals surface area contributed by atoms with Gasteiger partial charge < -0.3 is 9.63 Å². The van der Waals surface area contributed by atoms with Crippen LogP contribution < -0.4 is 0 Å². The van der Waals surface area contributed by atoms with E-state index in [9.17, 15) is 9.18 Å². The van der Waals surface area contributed by atoms with E-state index in [-0.39, 0.29) is 16.8 Å². The molecule has 2 aromatic rings. The van der Waals surface area contributed by atoms with Gasteiger partial charge in [-0.05, 0) is 19.1 Å². The molecule has 0 fully saturated rings. The molecule has 1 unspecified atom stereocenters. The van der Waals surface area contributed by atoms with Crippen LogP contribution in [0.1, 0.15) is 29.1 Å². The minimum Gasteiger partial charge on any atom is -0.478 e. The molecule has 0 spiro atoms. The van der Waals surface area contributed by atoms with Gasteiger partial charge in [0.1, 0.15) is 17.4 Å². The number of benzene rings is 1. The molecule has 2 rings (SSSR count). The van der Waals surface area contributed by atoms with E-state index >= 15 is 0 Å². The van der Waals surface area contributed by atoms with Crippen molar-refractivity contribution in [3.05, 3.63) is 29.5 Å². The number of fused-ring (bicyclic) bond motifs is 1. The zero-order chi connectivity index (χ0) is 11.0. The highest BCUT2D eigenvalue weighted by molar-refractivity contribution is 6.01. The first-order chi connectivity index (χ1) is 7.11. The Bertz CT molecular complexity index is 518. The summed E-state index contributed by atoms with van der Waals surface area (Å²) < 4.78 is 17.9. The normalized spacial score (nSPS) is 12.9. The van der Waals surface area contributed by atoms with Gasteiger partial charge in [-0.25, -0.2) is 9.18 Å². The maximum atomic E-state index is 13.1. The lowest BCUT2D eigenvalue weighted by Crippen LogP contribution is -1.96. The topological polar surface area (TPSA) is 63.3 Å². The highest BCUT2D eigenvalue weighted by Gasteiger charge is 2.18. The number of hydrogen-bond acceptors (Lipinski definition) is 3. The molecule has 5 heteroatoms. The summed E-state index contributed by atoms with van der Waals surface area (Å²) in [4.78, 5) is 10.8. The lowest BCUT2D eigenvalue weighted by molar-refractivity contribution is 0.0697. The standard InChI is InChI=1S/C10H8FNO3/c1-5(11)8-6-3-2-4-7(10(13)14)9(6)15-12-8/h2-5H,1H3,(H,13,14). The predicted octanol–water partition coefficient (Wildman–Crippen LogP) is 2.56. The number of rotatable bonds is 2. The molecule has 1 N–H and O–H groups in total. The lowest BCUT2D eigenvalue weighted by atomic mass is 10.1. The predicted molar refractivity (Wildman–Crippen MR) is 50.5 cm³/mol. The second-order valence-corrected chi connectivity index (χ2v) is 3.17. The van der Waals surface area contributed by atoms with E-state index < -0.39 is 12.1 Å². The van der Waals surface area contributed by atoms with Gasteiger partial charge in [0.25, 0.3) is 0 Å². The average Bonchev–Trinajstić information content (AvgIpc) is 2.59. The van der Waals surface area contributed by atoms with E-state index in [1.807, 2.05) is 0 Å². The second kappa shape index (κ2) is 3.34. The van der Waals surface area contributed by atoms with Gasteiger partial charge in [0.2, 0.25) is 0 Å². The summed E-state index contributed by atoms with van der Waals surface area (Å²) in [6, 6.07) is 4.51. The van der Waals surface area contributed by atoms with Crippen LogP contribution in [0.3, 0.4) is 0 Å². The Balaban J connectivity index is 2.74. The van der Waals surface area contributed by atoms with Crippen molar-refractivity contribution in [1.82, 2.24) is 5.16 Å². The number of aromatic carboxylic acids is 1. The van der Waals surface area contributed by atoms with Gasteiger partial charge >= 0.3 is 5.97 Å². The summed E-state index contributed by atoms with van der Waals surface area (Å²) in [6.07, 6.45) is -1.28. The zero-order valence-corrected chi connectivity index (χ0v) is 7.90. The summed E-state index contributed by atoms with van der Waals surface area (Å²) in [5.74, 6) is -1.12. The minimum atomic E-state index is -1.28. The molecule has 0 saturated heterocycles. The fourth-order valence-electron chi connectivity index (χ4n) is 1.44. The van der Waals surface area contributed by atoms with Crippen molar-refractivity contribution in [3.8, 4) is 0 Å². The van der Waals surface area contributed by atoms with Crippen molar-refractivity contribution in [2.75, 3.05) is 0 Å². The molecule has 78 valence electrons. The molecule has 1 aromatic carbocycles. The van der Waals surface area contributed by atoms with Crippen molar-refractivity contribution < 1.29 is 18.8 Å². The number of hydrogen-bond donors (Lipinski definition) is 1. The van der Waals surface area contributed by atoms with E-state index in [0.29, 0.717) is 5.39 Å². The smallest absolute Gasteiger partial charge is 0.339 e. The molecule has 0 saturated carbocycles. The third-order valence-corrected chi connectivity index (χ3v) is 2.13. The third kappa shape index (κ3) is 1.45. The number of carbonyl (C=O) groups is 1. The molecule has 15 heavy (non-hydrogen) atoms. The Hall–Kier alpha value is -1.91. The zero-order valence-electron chi connectivity index (χ0n) is 7.90. The molecule has 0 bridgehead atoms. The van der Waals surface area contributed by atoms with Crippen LogP contribution in [0.2, 0.25) is 0 Å². The number of aromatic nitrogens is 1. The number of carboxylic acid groups (broad SMARTS) is 1. The molecule has 0 aliphatic carbocycles. The van der Waals surface area contributed by atoms with Crippen LogP contribution in [0.15, 0.2) is 22.7 Å². The summed E-state index contributed by atoms with van der Waals surface area (Å²) in [7, 11) is 0.